The van der Waals surface area contributed by atoms with Crippen LogP contribution < -0.4 is 10.1 Å². The molecule has 20 heavy (non-hydrogen) atoms. The second kappa shape index (κ2) is 5.24. The molecule has 1 saturated carbocycles. The van der Waals surface area contributed by atoms with Gasteiger partial charge >= 0.3 is 0 Å². The van der Waals surface area contributed by atoms with Gasteiger partial charge in [0.15, 0.2) is 5.13 Å². The number of fused-ring (bicyclic) bond motifs is 1. The Hall–Kier alpha value is -1.29. The molecule has 0 atom stereocenters. The quantitative estimate of drug-likeness (QED) is 0.890. The van der Waals surface area contributed by atoms with Crippen LogP contribution >= 0.6 is 11.3 Å². The molecule has 0 amide bonds. The lowest BCUT2D eigenvalue weighted by Gasteiger charge is -2.34. The first-order chi connectivity index (χ1) is 9.55. The molecule has 1 aliphatic carbocycles. The fraction of sp³-hybridized carbons (Fsp3) is 0.562. The van der Waals surface area contributed by atoms with Crippen molar-refractivity contribution in [2.45, 2.75) is 45.6 Å². The molecule has 0 unspecified atom stereocenters. The number of nitrogens with zero attached hydrogens (tertiary/aromatic N) is 1. The summed E-state index contributed by atoms with van der Waals surface area (Å²) in [7, 11) is 1.70. The number of methoxy groups -OCH3 is 1. The molecule has 4 heteroatoms. The minimum Gasteiger partial charge on any atom is -0.497 e. The van der Waals surface area contributed by atoms with E-state index in [1.807, 2.05) is 12.1 Å². The standard InChI is InChI=1S/C16H22N2OS/c1-16(2)8-6-11(7-9-16)17-15-18-13-5-4-12(19-3)10-14(13)20-15/h4-5,10-11H,6-9H2,1-3H3,(H,17,18). The van der Waals surface area contributed by atoms with Gasteiger partial charge in [-0.15, -0.1) is 0 Å². The van der Waals surface area contributed by atoms with Gasteiger partial charge in [0.1, 0.15) is 5.75 Å². The minimum absolute atomic E-state index is 0.513. The van der Waals surface area contributed by atoms with Crippen molar-refractivity contribution < 1.29 is 4.74 Å². The molecule has 3 rings (SSSR count). The molecule has 1 aromatic carbocycles. The van der Waals surface area contributed by atoms with Crippen molar-refractivity contribution in [2.75, 3.05) is 12.4 Å². The largest absolute Gasteiger partial charge is 0.497 e. The van der Waals surface area contributed by atoms with E-state index in [-0.39, 0.29) is 0 Å². The highest BCUT2D eigenvalue weighted by molar-refractivity contribution is 7.22. The van der Waals surface area contributed by atoms with Crippen molar-refractivity contribution in [3.8, 4) is 5.75 Å². The summed E-state index contributed by atoms with van der Waals surface area (Å²) in [6, 6.07) is 6.63. The number of nitrogens with one attached hydrogen (secondary N) is 1. The van der Waals surface area contributed by atoms with E-state index in [4.69, 9.17) is 4.74 Å². The third kappa shape index (κ3) is 2.90. The van der Waals surface area contributed by atoms with E-state index in [1.54, 1.807) is 18.4 Å². The van der Waals surface area contributed by atoms with Crippen molar-refractivity contribution in [1.82, 2.24) is 4.98 Å². The summed E-state index contributed by atoms with van der Waals surface area (Å²) >= 11 is 1.72. The maximum absolute atomic E-state index is 5.26. The number of hydrogen-bond acceptors (Lipinski definition) is 4. The molecule has 0 spiro atoms. The first-order valence-electron chi connectivity index (χ1n) is 7.27. The molecule has 1 heterocycles. The molecule has 0 saturated heterocycles. The first kappa shape index (κ1) is 13.7. The second-order valence-electron chi connectivity index (χ2n) is 6.44. The first-order valence-corrected chi connectivity index (χ1v) is 8.08. The topological polar surface area (TPSA) is 34.1 Å². The molecule has 1 N–H and O–H groups in total. The van der Waals surface area contributed by atoms with E-state index in [2.05, 4.69) is 30.2 Å². The summed E-state index contributed by atoms with van der Waals surface area (Å²) in [6.45, 7) is 4.74. The molecule has 0 bridgehead atoms. The lowest BCUT2D eigenvalue weighted by Crippen LogP contribution is -2.29. The Morgan fingerprint density at radius 3 is 2.75 bits per heavy atom. The zero-order valence-corrected chi connectivity index (χ0v) is 13.2. The third-order valence-corrected chi connectivity index (χ3v) is 5.21. The van der Waals surface area contributed by atoms with Gasteiger partial charge in [0.2, 0.25) is 0 Å². The van der Waals surface area contributed by atoms with Crippen molar-refractivity contribution in [2.24, 2.45) is 5.41 Å². The maximum atomic E-state index is 5.26. The number of benzene rings is 1. The molecule has 0 aliphatic heterocycles. The molecule has 108 valence electrons. The number of ether oxygens (including phenoxy) is 1. The zero-order chi connectivity index (χ0) is 14.2. The zero-order valence-electron chi connectivity index (χ0n) is 12.4. The highest BCUT2D eigenvalue weighted by atomic mass is 32.1. The second-order valence-corrected chi connectivity index (χ2v) is 7.47. The van der Waals surface area contributed by atoms with Crippen LogP contribution in [0, 0.1) is 5.41 Å². The molecular weight excluding hydrogens is 268 g/mol. The van der Waals surface area contributed by atoms with E-state index in [0.29, 0.717) is 11.5 Å². The summed E-state index contributed by atoms with van der Waals surface area (Å²) in [4.78, 5) is 4.67. The third-order valence-electron chi connectivity index (χ3n) is 4.26. The van der Waals surface area contributed by atoms with Crippen molar-refractivity contribution in [3.05, 3.63) is 18.2 Å². The van der Waals surface area contributed by atoms with Crippen LogP contribution in [0.1, 0.15) is 39.5 Å². The average molecular weight is 290 g/mol. The monoisotopic (exact) mass is 290 g/mol. The van der Waals surface area contributed by atoms with E-state index >= 15 is 0 Å². The van der Waals surface area contributed by atoms with Gasteiger partial charge in [-0.05, 0) is 49.3 Å². The summed E-state index contributed by atoms with van der Waals surface area (Å²) in [5.41, 5.74) is 1.56. The van der Waals surface area contributed by atoms with Gasteiger partial charge in [0, 0.05) is 6.04 Å². The molecule has 3 nitrogen and oxygen atoms in total. The van der Waals surface area contributed by atoms with Gasteiger partial charge in [-0.3, -0.25) is 0 Å². The van der Waals surface area contributed by atoms with Crippen molar-refractivity contribution >= 4 is 26.7 Å². The van der Waals surface area contributed by atoms with E-state index in [0.717, 1.165) is 16.4 Å². The van der Waals surface area contributed by atoms with Crippen LogP contribution in [0.2, 0.25) is 0 Å². The summed E-state index contributed by atoms with van der Waals surface area (Å²) in [6.07, 6.45) is 5.07. The molecule has 1 fully saturated rings. The van der Waals surface area contributed by atoms with Gasteiger partial charge in [-0.1, -0.05) is 25.2 Å². The number of rotatable bonds is 3. The Kier molecular flexibility index (Phi) is 3.59. The number of aromatic nitrogens is 1. The summed E-state index contributed by atoms with van der Waals surface area (Å²) in [5, 5.41) is 4.65. The Balaban J connectivity index is 1.72. The van der Waals surface area contributed by atoms with Gasteiger partial charge in [0.25, 0.3) is 0 Å². The van der Waals surface area contributed by atoms with Crippen LogP contribution in [-0.2, 0) is 0 Å². The van der Waals surface area contributed by atoms with Crippen LogP contribution in [0.3, 0.4) is 0 Å². The normalized spacial score (nSPS) is 19.1. The predicted molar refractivity (Wildman–Crippen MR) is 85.8 cm³/mol. The fourth-order valence-electron chi connectivity index (χ4n) is 2.81. The average Bonchev–Trinajstić information content (AvgIpc) is 2.82. The van der Waals surface area contributed by atoms with Crippen LogP contribution in [0.5, 0.6) is 5.75 Å². The molecular formula is C16H22N2OS. The smallest absolute Gasteiger partial charge is 0.184 e. The van der Waals surface area contributed by atoms with Crippen LogP contribution in [0.25, 0.3) is 10.2 Å². The van der Waals surface area contributed by atoms with Gasteiger partial charge < -0.3 is 10.1 Å². The minimum atomic E-state index is 0.513. The number of thiazole rings is 1. The molecule has 1 aliphatic rings. The Morgan fingerprint density at radius 2 is 2.05 bits per heavy atom. The Labute approximate surface area is 124 Å². The van der Waals surface area contributed by atoms with Crippen molar-refractivity contribution in [3.63, 3.8) is 0 Å². The van der Waals surface area contributed by atoms with E-state index in [1.165, 1.54) is 30.4 Å². The van der Waals surface area contributed by atoms with Crippen molar-refractivity contribution in [1.29, 1.82) is 0 Å². The highest BCUT2D eigenvalue weighted by Gasteiger charge is 2.27. The molecule has 2 aromatic rings. The van der Waals surface area contributed by atoms with Crippen LogP contribution in [0.15, 0.2) is 18.2 Å². The summed E-state index contributed by atoms with van der Waals surface area (Å²) in [5.74, 6) is 0.895. The van der Waals surface area contributed by atoms with Crippen LogP contribution in [-0.4, -0.2) is 18.1 Å². The Bertz CT molecular complexity index is 596. The SMILES string of the molecule is COc1ccc2nc(NC3CCC(C)(C)CC3)sc2c1. The fourth-order valence-corrected chi connectivity index (χ4v) is 3.78. The Morgan fingerprint density at radius 1 is 1.30 bits per heavy atom. The highest BCUT2D eigenvalue weighted by Crippen LogP contribution is 2.37. The molecule has 0 radical (unpaired) electrons. The van der Waals surface area contributed by atoms with Gasteiger partial charge in [-0.25, -0.2) is 4.98 Å². The number of hydrogen-bond donors (Lipinski definition) is 1. The maximum Gasteiger partial charge on any atom is 0.184 e. The lowest BCUT2D eigenvalue weighted by molar-refractivity contribution is 0.232. The molecule has 1 aromatic heterocycles. The van der Waals surface area contributed by atoms with Crippen LogP contribution in [0.4, 0.5) is 5.13 Å². The number of anilines is 1. The lowest BCUT2D eigenvalue weighted by atomic mass is 9.76. The van der Waals surface area contributed by atoms with Gasteiger partial charge in [0.05, 0.1) is 17.3 Å². The summed E-state index contributed by atoms with van der Waals surface area (Å²) < 4.78 is 6.45. The van der Waals surface area contributed by atoms with E-state index < -0.39 is 0 Å². The predicted octanol–water partition coefficient (Wildman–Crippen LogP) is 4.69. The van der Waals surface area contributed by atoms with E-state index in [9.17, 15) is 0 Å². The van der Waals surface area contributed by atoms with Gasteiger partial charge in [-0.2, -0.15) is 0 Å².